The SMILES string of the molecule is [N-]=[N+]=NCC1Cc2c(Br)ccc(Cl)c2O1. The third-order valence-electron chi connectivity index (χ3n) is 2.22. The molecule has 4 nitrogen and oxygen atoms in total. The van der Waals surface area contributed by atoms with Crippen molar-refractivity contribution in [2.24, 2.45) is 5.11 Å². The fourth-order valence-electron chi connectivity index (χ4n) is 1.56. The maximum absolute atomic E-state index is 8.22. The summed E-state index contributed by atoms with van der Waals surface area (Å²) >= 11 is 9.43. The van der Waals surface area contributed by atoms with Crippen LogP contribution < -0.4 is 4.74 Å². The van der Waals surface area contributed by atoms with Gasteiger partial charge in [-0.05, 0) is 17.7 Å². The maximum Gasteiger partial charge on any atom is 0.142 e. The minimum Gasteiger partial charge on any atom is -0.488 e. The molecule has 1 unspecified atom stereocenters. The van der Waals surface area contributed by atoms with Gasteiger partial charge in [0.25, 0.3) is 0 Å². The van der Waals surface area contributed by atoms with Crippen molar-refractivity contribution < 1.29 is 4.74 Å². The van der Waals surface area contributed by atoms with Crippen LogP contribution in [0.4, 0.5) is 0 Å². The number of hydrogen-bond donors (Lipinski definition) is 0. The molecular formula is C9H7BrClN3O. The van der Waals surface area contributed by atoms with E-state index >= 15 is 0 Å². The van der Waals surface area contributed by atoms with Crippen molar-refractivity contribution >= 4 is 27.5 Å². The quantitative estimate of drug-likeness (QED) is 0.465. The number of nitrogens with zero attached hydrogens (tertiary/aromatic N) is 3. The Balaban J connectivity index is 2.26. The summed E-state index contributed by atoms with van der Waals surface area (Å²) in [6.45, 7) is 0.327. The molecule has 0 bridgehead atoms. The van der Waals surface area contributed by atoms with E-state index in [4.69, 9.17) is 21.9 Å². The second kappa shape index (κ2) is 4.31. The minimum absolute atomic E-state index is 0.105. The first-order valence-corrected chi connectivity index (χ1v) is 5.54. The van der Waals surface area contributed by atoms with E-state index in [0.29, 0.717) is 17.3 Å². The van der Waals surface area contributed by atoms with Gasteiger partial charge in [-0.2, -0.15) is 0 Å². The summed E-state index contributed by atoms with van der Waals surface area (Å²) in [6, 6.07) is 3.67. The van der Waals surface area contributed by atoms with Crippen LogP contribution >= 0.6 is 27.5 Å². The van der Waals surface area contributed by atoms with Gasteiger partial charge in [0.1, 0.15) is 11.9 Å². The minimum atomic E-state index is -0.105. The maximum atomic E-state index is 8.22. The Hall–Kier alpha value is -0.900. The predicted molar refractivity (Wildman–Crippen MR) is 61.3 cm³/mol. The lowest BCUT2D eigenvalue weighted by Crippen LogP contribution is -2.16. The molecule has 0 saturated heterocycles. The van der Waals surface area contributed by atoms with Gasteiger partial charge in [-0.15, -0.1) is 0 Å². The largest absolute Gasteiger partial charge is 0.488 e. The van der Waals surface area contributed by atoms with Crippen LogP contribution in [0.25, 0.3) is 10.4 Å². The Morgan fingerprint density at radius 2 is 2.47 bits per heavy atom. The summed E-state index contributed by atoms with van der Waals surface area (Å²) in [5.74, 6) is 0.698. The Labute approximate surface area is 99.9 Å². The number of azide groups is 1. The van der Waals surface area contributed by atoms with Crippen molar-refractivity contribution in [2.75, 3.05) is 6.54 Å². The topological polar surface area (TPSA) is 58.0 Å². The average molecular weight is 289 g/mol. The highest BCUT2D eigenvalue weighted by molar-refractivity contribution is 9.10. The third kappa shape index (κ3) is 2.04. The molecule has 0 saturated carbocycles. The van der Waals surface area contributed by atoms with Crippen LogP contribution in [0.3, 0.4) is 0 Å². The van der Waals surface area contributed by atoms with E-state index in [1.54, 1.807) is 6.07 Å². The molecule has 1 atom stereocenters. The zero-order valence-electron chi connectivity index (χ0n) is 7.65. The first-order valence-electron chi connectivity index (χ1n) is 4.36. The lowest BCUT2D eigenvalue weighted by molar-refractivity contribution is 0.241. The van der Waals surface area contributed by atoms with E-state index in [2.05, 4.69) is 26.0 Å². The van der Waals surface area contributed by atoms with Crippen molar-refractivity contribution in [1.82, 2.24) is 0 Å². The first kappa shape index (κ1) is 10.6. The number of fused-ring (bicyclic) bond motifs is 1. The normalized spacial score (nSPS) is 17.9. The summed E-state index contributed by atoms with van der Waals surface area (Å²) in [4.78, 5) is 2.71. The van der Waals surface area contributed by atoms with Crippen molar-refractivity contribution in [3.63, 3.8) is 0 Å². The lowest BCUT2D eigenvalue weighted by Gasteiger charge is -2.06. The highest BCUT2D eigenvalue weighted by Gasteiger charge is 2.26. The second-order valence-corrected chi connectivity index (χ2v) is 4.46. The van der Waals surface area contributed by atoms with E-state index in [9.17, 15) is 0 Å². The van der Waals surface area contributed by atoms with E-state index < -0.39 is 0 Å². The summed E-state index contributed by atoms with van der Waals surface area (Å²) in [5, 5.41) is 4.09. The monoisotopic (exact) mass is 287 g/mol. The first-order chi connectivity index (χ1) is 7.22. The second-order valence-electron chi connectivity index (χ2n) is 3.19. The molecule has 0 N–H and O–H groups in total. The molecule has 6 heteroatoms. The van der Waals surface area contributed by atoms with Gasteiger partial charge in [-0.3, -0.25) is 0 Å². The van der Waals surface area contributed by atoms with Crippen LogP contribution in [0.1, 0.15) is 5.56 Å². The van der Waals surface area contributed by atoms with E-state index in [1.807, 2.05) is 6.07 Å². The molecule has 0 aliphatic carbocycles. The molecule has 0 radical (unpaired) electrons. The molecular weight excluding hydrogens is 281 g/mol. The highest BCUT2D eigenvalue weighted by atomic mass is 79.9. The van der Waals surface area contributed by atoms with Gasteiger partial charge >= 0.3 is 0 Å². The Bertz CT molecular complexity index is 414. The van der Waals surface area contributed by atoms with Gasteiger partial charge < -0.3 is 4.74 Å². The van der Waals surface area contributed by atoms with Gasteiger partial charge in [0, 0.05) is 21.4 Å². The number of rotatable bonds is 2. The van der Waals surface area contributed by atoms with E-state index in [-0.39, 0.29) is 6.10 Å². The molecule has 15 heavy (non-hydrogen) atoms. The zero-order chi connectivity index (χ0) is 10.8. The molecule has 1 aromatic carbocycles. The summed E-state index contributed by atoms with van der Waals surface area (Å²) < 4.78 is 6.57. The molecule has 0 spiro atoms. The fraction of sp³-hybridized carbons (Fsp3) is 0.333. The van der Waals surface area contributed by atoms with Crippen LogP contribution in [0.15, 0.2) is 21.7 Å². The van der Waals surface area contributed by atoms with Crippen molar-refractivity contribution in [3.05, 3.63) is 37.6 Å². The average Bonchev–Trinajstić information content (AvgIpc) is 2.66. The molecule has 1 aromatic rings. The summed E-state index contributed by atoms with van der Waals surface area (Å²) in [5.41, 5.74) is 9.26. The van der Waals surface area contributed by atoms with Crippen LogP contribution in [0.2, 0.25) is 5.02 Å². The number of benzene rings is 1. The Kier molecular flexibility index (Phi) is 3.05. The number of halogens is 2. The van der Waals surface area contributed by atoms with Crippen LogP contribution in [-0.4, -0.2) is 12.6 Å². The lowest BCUT2D eigenvalue weighted by atomic mass is 10.1. The molecule has 1 aliphatic rings. The number of hydrogen-bond acceptors (Lipinski definition) is 2. The van der Waals surface area contributed by atoms with E-state index in [1.165, 1.54) is 0 Å². The van der Waals surface area contributed by atoms with Crippen molar-refractivity contribution in [2.45, 2.75) is 12.5 Å². The van der Waals surface area contributed by atoms with Gasteiger partial charge in [0.2, 0.25) is 0 Å². The molecule has 2 rings (SSSR count). The van der Waals surface area contributed by atoms with Gasteiger partial charge in [-0.1, -0.05) is 32.6 Å². The van der Waals surface area contributed by atoms with Crippen LogP contribution in [0, 0.1) is 0 Å². The number of ether oxygens (including phenoxy) is 1. The predicted octanol–water partition coefficient (Wildman–Crippen LogP) is 3.72. The molecule has 1 heterocycles. The fourth-order valence-corrected chi connectivity index (χ4v) is 2.25. The highest BCUT2D eigenvalue weighted by Crippen LogP contribution is 2.40. The van der Waals surface area contributed by atoms with E-state index in [0.717, 1.165) is 16.5 Å². The Morgan fingerprint density at radius 3 is 3.13 bits per heavy atom. The van der Waals surface area contributed by atoms with Gasteiger partial charge in [0.05, 0.1) is 11.6 Å². The van der Waals surface area contributed by atoms with Crippen LogP contribution in [0.5, 0.6) is 5.75 Å². The van der Waals surface area contributed by atoms with Gasteiger partial charge in [0.15, 0.2) is 0 Å². The van der Waals surface area contributed by atoms with Crippen LogP contribution in [-0.2, 0) is 6.42 Å². The zero-order valence-corrected chi connectivity index (χ0v) is 9.99. The summed E-state index contributed by atoms with van der Waals surface area (Å²) in [7, 11) is 0. The third-order valence-corrected chi connectivity index (χ3v) is 3.26. The molecule has 0 fully saturated rings. The van der Waals surface area contributed by atoms with Crippen molar-refractivity contribution in [1.29, 1.82) is 0 Å². The van der Waals surface area contributed by atoms with Crippen molar-refractivity contribution in [3.8, 4) is 5.75 Å². The molecule has 78 valence electrons. The Morgan fingerprint density at radius 1 is 1.67 bits per heavy atom. The molecule has 1 aliphatic heterocycles. The van der Waals surface area contributed by atoms with Gasteiger partial charge in [-0.25, -0.2) is 0 Å². The molecule has 0 amide bonds. The standard InChI is InChI=1S/C9H7BrClN3O/c10-7-1-2-8(11)9-6(7)3-5(15-9)4-13-14-12/h1-2,5H,3-4H2. The summed E-state index contributed by atoms with van der Waals surface area (Å²) in [6.07, 6.45) is 0.613. The smallest absolute Gasteiger partial charge is 0.142 e. The molecule has 0 aromatic heterocycles.